The van der Waals surface area contributed by atoms with Crippen LogP contribution < -0.4 is 5.32 Å². The molecule has 0 aliphatic carbocycles. The van der Waals surface area contributed by atoms with Crippen LogP contribution in [0.15, 0.2) is 41.1 Å². The Hall–Kier alpha value is -1.68. The van der Waals surface area contributed by atoms with Crippen LogP contribution in [0.2, 0.25) is 0 Å². The predicted octanol–water partition coefficient (Wildman–Crippen LogP) is 3.71. The maximum absolute atomic E-state index is 12.0. The van der Waals surface area contributed by atoms with Gasteiger partial charge in [-0.05, 0) is 59.1 Å². The smallest absolute Gasteiger partial charge is 0.257 e. The summed E-state index contributed by atoms with van der Waals surface area (Å²) in [5.41, 5.74) is 3.52. The molecule has 2 aromatic rings. The number of aromatic nitrogens is 1. The first kappa shape index (κ1) is 12.8. The molecule has 1 N–H and O–H groups in total. The Bertz CT molecular complexity index is 559. The fraction of sp³-hybridized carbons (Fsp3) is 0.143. The van der Waals surface area contributed by atoms with Gasteiger partial charge in [0.1, 0.15) is 0 Å². The summed E-state index contributed by atoms with van der Waals surface area (Å²) in [4.78, 5) is 16.0. The van der Waals surface area contributed by atoms with E-state index in [1.807, 2.05) is 26.0 Å². The number of carbonyl (C=O) groups is 1. The van der Waals surface area contributed by atoms with Crippen molar-refractivity contribution in [2.24, 2.45) is 0 Å². The van der Waals surface area contributed by atoms with E-state index in [1.54, 1.807) is 24.5 Å². The highest BCUT2D eigenvalue weighted by Gasteiger charge is 2.10. The van der Waals surface area contributed by atoms with Crippen molar-refractivity contribution in [3.8, 4) is 0 Å². The molecule has 2 rings (SSSR count). The predicted molar refractivity (Wildman–Crippen MR) is 75.8 cm³/mol. The first-order valence-corrected chi connectivity index (χ1v) is 6.35. The van der Waals surface area contributed by atoms with E-state index in [2.05, 4.69) is 26.2 Å². The van der Waals surface area contributed by atoms with Crippen LogP contribution in [-0.2, 0) is 0 Å². The maximum atomic E-state index is 12.0. The van der Waals surface area contributed by atoms with Crippen molar-refractivity contribution < 1.29 is 4.79 Å². The molecule has 0 saturated carbocycles. The molecule has 0 atom stereocenters. The van der Waals surface area contributed by atoms with Crippen LogP contribution in [0.4, 0.5) is 5.69 Å². The fourth-order valence-electron chi connectivity index (χ4n) is 1.76. The van der Waals surface area contributed by atoms with E-state index in [0.29, 0.717) is 5.56 Å². The number of halogens is 1. The fourth-order valence-corrected chi connectivity index (χ4v) is 2.53. The second-order valence-electron chi connectivity index (χ2n) is 4.13. The largest absolute Gasteiger partial charge is 0.321 e. The Morgan fingerprint density at radius 1 is 1.33 bits per heavy atom. The highest BCUT2D eigenvalue weighted by atomic mass is 79.9. The maximum Gasteiger partial charge on any atom is 0.257 e. The van der Waals surface area contributed by atoms with Crippen LogP contribution in [0.1, 0.15) is 21.5 Å². The van der Waals surface area contributed by atoms with Crippen molar-refractivity contribution in [1.29, 1.82) is 0 Å². The number of nitrogens with one attached hydrogen (secondary N) is 1. The molecule has 0 fully saturated rings. The van der Waals surface area contributed by atoms with Gasteiger partial charge >= 0.3 is 0 Å². The average Bonchev–Trinajstić information content (AvgIpc) is 2.34. The highest BCUT2D eigenvalue weighted by molar-refractivity contribution is 9.10. The van der Waals surface area contributed by atoms with Crippen LogP contribution in [0.5, 0.6) is 0 Å². The molecule has 92 valence electrons. The van der Waals surface area contributed by atoms with Gasteiger partial charge in [-0.3, -0.25) is 9.78 Å². The summed E-state index contributed by atoms with van der Waals surface area (Å²) in [5, 5.41) is 2.90. The Kier molecular flexibility index (Phi) is 3.77. The average molecular weight is 305 g/mol. The lowest BCUT2D eigenvalue weighted by Crippen LogP contribution is -2.13. The van der Waals surface area contributed by atoms with Gasteiger partial charge in [0, 0.05) is 16.9 Å². The quantitative estimate of drug-likeness (QED) is 0.919. The van der Waals surface area contributed by atoms with E-state index in [9.17, 15) is 4.79 Å². The van der Waals surface area contributed by atoms with Gasteiger partial charge in [0.25, 0.3) is 5.91 Å². The van der Waals surface area contributed by atoms with E-state index in [-0.39, 0.29) is 5.91 Å². The molecular formula is C14H13BrN2O. The van der Waals surface area contributed by atoms with E-state index < -0.39 is 0 Å². The van der Waals surface area contributed by atoms with Gasteiger partial charge in [-0.2, -0.15) is 0 Å². The van der Waals surface area contributed by atoms with E-state index in [0.717, 1.165) is 21.3 Å². The molecule has 0 unspecified atom stereocenters. The van der Waals surface area contributed by atoms with Gasteiger partial charge in [0.2, 0.25) is 0 Å². The topological polar surface area (TPSA) is 42.0 Å². The summed E-state index contributed by atoms with van der Waals surface area (Å²) in [7, 11) is 0. The lowest BCUT2D eigenvalue weighted by Gasteiger charge is -2.11. The Morgan fingerprint density at radius 2 is 2.11 bits per heavy atom. The summed E-state index contributed by atoms with van der Waals surface area (Å²) in [6.07, 6.45) is 3.19. The van der Waals surface area contributed by atoms with E-state index in [4.69, 9.17) is 0 Å². The van der Waals surface area contributed by atoms with Gasteiger partial charge in [0.15, 0.2) is 0 Å². The minimum atomic E-state index is -0.157. The summed E-state index contributed by atoms with van der Waals surface area (Å²) >= 11 is 3.47. The summed E-state index contributed by atoms with van der Waals surface area (Å²) in [6, 6.07) is 7.49. The normalized spacial score (nSPS) is 10.2. The molecule has 3 nitrogen and oxygen atoms in total. The molecular weight excluding hydrogens is 292 g/mol. The van der Waals surface area contributed by atoms with Crippen LogP contribution in [0.25, 0.3) is 0 Å². The molecule has 1 aromatic carbocycles. The number of nitrogens with zero attached hydrogens (tertiary/aromatic N) is 1. The van der Waals surface area contributed by atoms with Crippen molar-refractivity contribution in [3.05, 3.63) is 57.8 Å². The zero-order chi connectivity index (χ0) is 13.1. The van der Waals surface area contributed by atoms with Crippen molar-refractivity contribution in [1.82, 2.24) is 4.98 Å². The summed E-state index contributed by atoms with van der Waals surface area (Å²) in [6.45, 7) is 3.99. The van der Waals surface area contributed by atoms with Gasteiger partial charge in [-0.1, -0.05) is 6.07 Å². The van der Waals surface area contributed by atoms with E-state index in [1.165, 1.54) is 0 Å². The lowest BCUT2D eigenvalue weighted by molar-refractivity contribution is 0.102. The zero-order valence-electron chi connectivity index (χ0n) is 10.2. The number of anilines is 1. The number of aryl methyl sites for hydroxylation is 2. The van der Waals surface area contributed by atoms with Crippen LogP contribution in [0.3, 0.4) is 0 Å². The minimum absolute atomic E-state index is 0.157. The standard InChI is InChI=1S/C14H13BrN2O/c1-9-6-10(2)13(12(15)7-9)17-14(18)11-4-3-5-16-8-11/h3-8H,1-2H3,(H,17,18). The number of amides is 1. The number of benzene rings is 1. The third-order valence-corrected chi connectivity index (χ3v) is 3.22. The van der Waals surface area contributed by atoms with Gasteiger partial charge in [-0.25, -0.2) is 0 Å². The molecule has 0 saturated heterocycles. The van der Waals surface area contributed by atoms with Crippen LogP contribution in [-0.4, -0.2) is 10.9 Å². The van der Waals surface area contributed by atoms with Crippen molar-refractivity contribution in [3.63, 3.8) is 0 Å². The Balaban J connectivity index is 2.28. The molecule has 1 heterocycles. The number of rotatable bonds is 2. The third-order valence-electron chi connectivity index (χ3n) is 2.59. The second-order valence-corrected chi connectivity index (χ2v) is 4.99. The molecule has 4 heteroatoms. The molecule has 0 radical (unpaired) electrons. The molecule has 1 amide bonds. The molecule has 0 bridgehead atoms. The van der Waals surface area contributed by atoms with Crippen molar-refractivity contribution >= 4 is 27.5 Å². The van der Waals surface area contributed by atoms with Gasteiger partial charge in [0.05, 0.1) is 11.3 Å². The number of carbonyl (C=O) groups excluding carboxylic acids is 1. The van der Waals surface area contributed by atoms with E-state index >= 15 is 0 Å². The monoisotopic (exact) mass is 304 g/mol. The number of pyridine rings is 1. The Morgan fingerprint density at radius 3 is 2.72 bits per heavy atom. The lowest BCUT2D eigenvalue weighted by atomic mass is 10.1. The van der Waals surface area contributed by atoms with Crippen LogP contribution in [0, 0.1) is 13.8 Å². The van der Waals surface area contributed by atoms with Gasteiger partial charge < -0.3 is 5.32 Å². The van der Waals surface area contributed by atoms with Crippen molar-refractivity contribution in [2.45, 2.75) is 13.8 Å². The molecule has 18 heavy (non-hydrogen) atoms. The third kappa shape index (κ3) is 2.76. The molecule has 0 spiro atoms. The summed E-state index contributed by atoms with van der Waals surface area (Å²) < 4.78 is 0.886. The Labute approximate surface area is 114 Å². The zero-order valence-corrected chi connectivity index (χ0v) is 11.8. The first-order valence-electron chi connectivity index (χ1n) is 5.56. The molecule has 0 aliphatic heterocycles. The highest BCUT2D eigenvalue weighted by Crippen LogP contribution is 2.28. The molecule has 0 aliphatic rings. The first-order chi connectivity index (χ1) is 8.58. The summed E-state index contributed by atoms with van der Waals surface area (Å²) in [5.74, 6) is -0.157. The van der Waals surface area contributed by atoms with Crippen LogP contribution >= 0.6 is 15.9 Å². The van der Waals surface area contributed by atoms with Gasteiger partial charge in [-0.15, -0.1) is 0 Å². The minimum Gasteiger partial charge on any atom is -0.321 e. The second kappa shape index (κ2) is 5.31. The van der Waals surface area contributed by atoms with Crippen molar-refractivity contribution in [2.75, 3.05) is 5.32 Å². The molecule has 1 aromatic heterocycles. The number of hydrogen-bond donors (Lipinski definition) is 1. The number of hydrogen-bond acceptors (Lipinski definition) is 2. The SMILES string of the molecule is Cc1cc(C)c(NC(=O)c2cccnc2)c(Br)c1.